The van der Waals surface area contributed by atoms with Gasteiger partial charge in [0.25, 0.3) is 11.6 Å². The summed E-state index contributed by atoms with van der Waals surface area (Å²) in [6.45, 7) is 2.03. The number of carbonyl (C=O) groups is 2. The molecule has 0 unspecified atom stereocenters. The number of esters is 1. The maximum Gasteiger partial charge on any atom is 0.338 e. The van der Waals surface area contributed by atoms with Gasteiger partial charge in [-0.25, -0.2) is 9.78 Å². The largest absolute Gasteiger partial charge is 0.462 e. The number of nitro groups is 1. The van der Waals surface area contributed by atoms with Crippen molar-refractivity contribution in [2.75, 3.05) is 11.9 Å². The number of ether oxygens (including phenoxy) is 1. The quantitative estimate of drug-likeness (QED) is 0.277. The van der Waals surface area contributed by atoms with Crippen molar-refractivity contribution in [1.82, 2.24) is 4.98 Å². The lowest BCUT2D eigenvalue weighted by Gasteiger charge is -2.00. The first-order valence-electron chi connectivity index (χ1n) is 8.51. The van der Waals surface area contributed by atoms with Crippen LogP contribution in [0.2, 0.25) is 0 Å². The summed E-state index contributed by atoms with van der Waals surface area (Å²) in [5.74, 6) is -0.758. The monoisotopic (exact) mass is 427 g/mol. The van der Waals surface area contributed by atoms with Crippen molar-refractivity contribution in [2.24, 2.45) is 0 Å². The molecule has 1 N–H and O–H groups in total. The minimum Gasteiger partial charge on any atom is -0.462 e. The van der Waals surface area contributed by atoms with Crippen LogP contribution in [0.5, 0.6) is 0 Å². The van der Waals surface area contributed by atoms with Crippen molar-refractivity contribution in [3.8, 4) is 0 Å². The molecule has 10 heteroatoms. The summed E-state index contributed by atoms with van der Waals surface area (Å²) in [5, 5.41) is 14.7. The van der Waals surface area contributed by atoms with E-state index in [9.17, 15) is 19.7 Å². The van der Waals surface area contributed by atoms with Crippen LogP contribution in [0.3, 0.4) is 0 Å². The molecule has 0 bridgehead atoms. The van der Waals surface area contributed by atoms with Crippen LogP contribution in [0, 0.1) is 10.1 Å². The molecule has 29 heavy (non-hydrogen) atoms. The second-order valence-electron chi connectivity index (χ2n) is 5.97. The Labute approximate surface area is 171 Å². The predicted octanol–water partition coefficient (Wildman–Crippen LogP) is 4.85. The topological polar surface area (TPSA) is 111 Å². The molecule has 0 atom stereocenters. The van der Waals surface area contributed by atoms with Crippen LogP contribution in [-0.2, 0) is 4.74 Å². The predicted molar refractivity (Wildman–Crippen MR) is 112 cm³/mol. The molecule has 0 aliphatic rings. The van der Waals surface area contributed by atoms with E-state index >= 15 is 0 Å². The molecule has 0 spiro atoms. The second kappa shape index (κ2) is 7.57. The Bertz CT molecular complexity index is 1280. The summed E-state index contributed by atoms with van der Waals surface area (Å²) < 4.78 is 6.52. The number of anilines is 1. The van der Waals surface area contributed by atoms with Gasteiger partial charge in [-0.3, -0.25) is 20.2 Å². The lowest BCUT2D eigenvalue weighted by Crippen LogP contribution is -2.09. The highest BCUT2D eigenvalue weighted by atomic mass is 32.1. The number of thiophene rings is 1. The maximum absolute atomic E-state index is 12.6. The second-order valence-corrected chi connectivity index (χ2v) is 8.08. The highest BCUT2D eigenvalue weighted by Crippen LogP contribution is 2.31. The molecule has 0 aliphatic heterocycles. The fourth-order valence-corrected chi connectivity index (χ4v) is 4.57. The number of nitrogens with zero attached hydrogens (tertiary/aromatic N) is 2. The average molecular weight is 427 g/mol. The Morgan fingerprint density at radius 2 is 1.97 bits per heavy atom. The number of thiazole rings is 1. The van der Waals surface area contributed by atoms with E-state index in [1.807, 2.05) is 0 Å². The van der Waals surface area contributed by atoms with Gasteiger partial charge in [-0.15, -0.1) is 11.3 Å². The molecule has 0 saturated heterocycles. The first-order valence-corrected chi connectivity index (χ1v) is 10.1. The van der Waals surface area contributed by atoms with Crippen molar-refractivity contribution in [1.29, 1.82) is 0 Å². The normalized spacial score (nSPS) is 10.9. The van der Waals surface area contributed by atoms with Crippen LogP contribution < -0.4 is 5.32 Å². The summed E-state index contributed by atoms with van der Waals surface area (Å²) in [7, 11) is 0. The number of nitro benzene ring substituents is 1. The lowest BCUT2D eigenvalue weighted by atomic mass is 10.2. The van der Waals surface area contributed by atoms with Crippen LogP contribution in [0.15, 0.2) is 42.5 Å². The SMILES string of the molecule is CCOC(=O)c1ccc2nc(NC(=O)c3cc4cc([N+](=O)[O-])ccc4s3)sc2c1. The fourth-order valence-electron chi connectivity index (χ4n) is 2.73. The van der Waals surface area contributed by atoms with Gasteiger partial charge >= 0.3 is 5.97 Å². The van der Waals surface area contributed by atoms with Gasteiger partial charge in [0, 0.05) is 22.2 Å². The minimum absolute atomic E-state index is 0.0224. The third kappa shape index (κ3) is 3.80. The highest BCUT2D eigenvalue weighted by molar-refractivity contribution is 7.23. The van der Waals surface area contributed by atoms with E-state index in [0.717, 1.165) is 9.40 Å². The summed E-state index contributed by atoms with van der Waals surface area (Å²) in [5.41, 5.74) is 1.06. The molecule has 8 nitrogen and oxygen atoms in total. The van der Waals surface area contributed by atoms with Crippen molar-refractivity contribution in [3.05, 3.63) is 63.0 Å². The average Bonchev–Trinajstić information content (AvgIpc) is 3.30. The molecule has 0 radical (unpaired) electrons. The Morgan fingerprint density at radius 3 is 2.72 bits per heavy atom. The van der Waals surface area contributed by atoms with Gasteiger partial charge in [0.15, 0.2) is 5.13 Å². The third-order valence-electron chi connectivity index (χ3n) is 4.05. The highest BCUT2D eigenvalue weighted by Gasteiger charge is 2.16. The first kappa shape index (κ1) is 19.0. The number of rotatable bonds is 5. The van der Waals surface area contributed by atoms with Crippen LogP contribution >= 0.6 is 22.7 Å². The molecule has 2 aromatic heterocycles. The molecule has 0 saturated carbocycles. The number of fused-ring (bicyclic) bond motifs is 2. The zero-order valence-corrected chi connectivity index (χ0v) is 16.6. The van der Waals surface area contributed by atoms with Crippen LogP contribution in [0.4, 0.5) is 10.8 Å². The van der Waals surface area contributed by atoms with Crippen molar-refractivity contribution in [2.45, 2.75) is 6.92 Å². The first-order chi connectivity index (χ1) is 13.9. The van der Waals surface area contributed by atoms with Crippen molar-refractivity contribution < 1.29 is 19.2 Å². The number of benzene rings is 2. The van der Waals surface area contributed by atoms with Gasteiger partial charge in [-0.2, -0.15) is 0 Å². The fraction of sp³-hybridized carbons (Fsp3) is 0.105. The molecule has 0 aliphatic carbocycles. The number of nitrogens with one attached hydrogen (secondary N) is 1. The van der Waals surface area contributed by atoms with E-state index in [4.69, 9.17) is 4.74 Å². The summed E-state index contributed by atoms with van der Waals surface area (Å²) in [6, 6.07) is 11.1. The van der Waals surface area contributed by atoms with Gasteiger partial charge in [0.05, 0.1) is 32.2 Å². The maximum atomic E-state index is 12.6. The summed E-state index contributed by atoms with van der Waals surface area (Å²) >= 11 is 2.49. The zero-order valence-electron chi connectivity index (χ0n) is 15.0. The van der Waals surface area contributed by atoms with Crippen LogP contribution in [-0.4, -0.2) is 28.4 Å². The van der Waals surface area contributed by atoms with Crippen LogP contribution in [0.25, 0.3) is 20.3 Å². The molecule has 1 amide bonds. The molecular weight excluding hydrogens is 414 g/mol. The van der Waals surface area contributed by atoms with Gasteiger partial charge in [0.1, 0.15) is 0 Å². The van der Waals surface area contributed by atoms with Gasteiger partial charge in [0.2, 0.25) is 0 Å². The number of carbonyl (C=O) groups excluding carboxylic acids is 2. The van der Waals surface area contributed by atoms with E-state index in [-0.39, 0.29) is 11.6 Å². The molecule has 2 aromatic carbocycles. The Morgan fingerprint density at radius 1 is 1.14 bits per heavy atom. The molecule has 0 fully saturated rings. The van der Waals surface area contributed by atoms with Gasteiger partial charge in [-0.05, 0) is 37.3 Å². The number of non-ortho nitro benzene ring substituents is 1. The number of hydrogen-bond acceptors (Lipinski definition) is 8. The number of amides is 1. The minimum atomic E-state index is -0.470. The molecule has 146 valence electrons. The molecule has 4 aromatic rings. The van der Waals surface area contributed by atoms with E-state index in [1.165, 1.54) is 34.8 Å². The van der Waals surface area contributed by atoms with E-state index in [2.05, 4.69) is 10.3 Å². The van der Waals surface area contributed by atoms with Gasteiger partial charge < -0.3 is 4.74 Å². The zero-order chi connectivity index (χ0) is 20.5. The summed E-state index contributed by atoms with van der Waals surface area (Å²) in [6.07, 6.45) is 0. The third-order valence-corrected chi connectivity index (χ3v) is 6.10. The van der Waals surface area contributed by atoms with E-state index in [0.29, 0.717) is 33.1 Å². The Balaban J connectivity index is 1.57. The Hall–Kier alpha value is -3.37. The van der Waals surface area contributed by atoms with Crippen LogP contribution in [0.1, 0.15) is 27.0 Å². The standard InChI is InChI=1S/C19H13N3O5S2/c1-2-27-18(24)10-3-5-13-15(8-10)29-19(20-13)21-17(23)16-9-11-7-12(22(25)26)4-6-14(11)28-16/h3-9H,2H2,1H3,(H,20,21,23). The number of hydrogen-bond donors (Lipinski definition) is 1. The lowest BCUT2D eigenvalue weighted by molar-refractivity contribution is -0.384. The van der Waals surface area contributed by atoms with Gasteiger partial charge in [-0.1, -0.05) is 11.3 Å². The Kier molecular flexibility index (Phi) is 4.95. The van der Waals surface area contributed by atoms with E-state index < -0.39 is 10.9 Å². The molecule has 4 rings (SSSR count). The van der Waals surface area contributed by atoms with Crippen molar-refractivity contribution >= 4 is 65.7 Å². The van der Waals surface area contributed by atoms with Crippen molar-refractivity contribution in [3.63, 3.8) is 0 Å². The summed E-state index contributed by atoms with van der Waals surface area (Å²) in [4.78, 5) is 39.7. The number of aromatic nitrogens is 1. The molecule has 2 heterocycles. The van der Waals surface area contributed by atoms with E-state index in [1.54, 1.807) is 37.3 Å². The molecular formula is C19H13N3O5S2. The smallest absolute Gasteiger partial charge is 0.338 e.